The SMILES string of the molecule is CN(C)Cc1ccccc1CNC(=O)c1ccc(N2CCCCC2=O)cc1. The van der Waals surface area contributed by atoms with Gasteiger partial charge in [-0.1, -0.05) is 24.3 Å². The number of rotatable bonds is 6. The number of anilines is 1. The number of hydrogen-bond donors (Lipinski definition) is 1. The van der Waals surface area contributed by atoms with Crippen molar-refractivity contribution in [3.63, 3.8) is 0 Å². The molecule has 0 saturated carbocycles. The molecule has 0 aromatic heterocycles. The Bertz CT molecular complexity index is 799. The van der Waals surface area contributed by atoms with Crippen LogP contribution in [0.25, 0.3) is 0 Å². The van der Waals surface area contributed by atoms with E-state index in [2.05, 4.69) is 16.3 Å². The molecule has 3 rings (SSSR count). The van der Waals surface area contributed by atoms with Crippen LogP contribution >= 0.6 is 0 Å². The van der Waals surface area contributed by atoms with E-state index in [1.165, 1.54) is 5.56 Å². The maximum Gasteiger partial charge on any atom is 0.251 e. The van der Waals surface area contributed by atoms with E-state index >= 15 is 0 Å². The molecule has 5 heteroatoms. The second kappa shape index (κ2) is 8.82. The lowest BCUT2D eigenvalue weighted by Gasteiger charge is -2.26. The third kappa shape index (κ3) is 4.95. The molecule has 5 nitrogen and oxygen atoms in total. The molecule has 27 heavy (non-hydrogen) atoms. The maximum absolute atomic E-state index is 12.5. The van der Waals surface area contributed by atoms with E-state index in [9.17, 15) is 9.59 Å². The number of piperidine rings is 1. The minimum absolute atomic E-state index is 0.105. The summed E-state index contributed by atoms with van der Waals surface area (Å²) in [5, 5.41) is 3.00. The summed E-state index contributed by atoms with van der Waals surface area (Å²) in [5.41, 5.74) is 3.80. The van der Waals surface area contributed by atoms with Crippen LogP contribution in [-0.4, -0.2) is 37.4 Å². The topological polar surface area (TPSA) is 52.7 Å². The Morgan fingerprint density at radius 2 is 1.74 bits per heavy atom. The molecule has 2 amide bonds. The highest BCUT2D eigenvalue weighted by molar-refractivity contribution is 5.96. The largest absolute Gasteiger partial charge is 0.348 e. The summed E-state index contributed by atoms with van der Waals surface area (Å²) < 4.78 is 0. The molecule has 1 aliphatic rings. The van der Waals surface area contributed by atoms with Gasteiger partial charge >= 0.3 is 0 Å². The van der Waals surface area contributed by atoms with E-state index in [-0.39, 0.29) is 11.8 Å². The number of amides is 2. The lowest BCUT2D eigenvalue weighted by Crippen LogP contribution is -2.35. The van der Waals surface area contributed by atoms with Crippen molar-refractivity contribution in [2.45, 2.75) is 32.4 Å². The predicted molar refractivity (Wildman–Crippen MR) is 108 cm³/mol. The number of hydrogen-bond acceptors (Lipinski definition) is 3. The van der Waals surface area contributed by atoms with E-state index in [0.717, 1.165) is 37.2 Å². The highest BCUT2D eigenvalue weighted by Gasteiger charge is 2.19. The third-order valence-electron chi connectivity index (χ3n) is 4.81. The highest BCUT2D eigenvalue weighted by atomic mass is 16.2. The minimum Gasteiger partial charge on any atom is -0.348 e. The lowest BCUT2D eigenvalue weighted by atomic mass is 10.1. The lowest BCUT2D eigenvalue weighted by molar-refractivity contribution is -0.119. The zero-order valence-corrected chi connectivity index (χ0v) is 16.1. The van der Waals surface area contributed by atoms with Gasteiger partial charge in [0, 0.05) is 37.3 Å². The average Bonchev–Trinajstić information content (AvgIpc) is 2.67. The zero-order chi connectivity index (χ0) is 19.2. The van der Waals surface area contributed by atoms with Crippen molar-refractivity contribution in [2.24, 2.45) is 0 Å². The van der Waals surface area contributed by atoms with Crippen LogP contribution in [-0.2, 0) is 17.9 Å². The first kappa shape index (κ1) is 19.1. The first-order valence-electron chi connectivity index (χ1n) is 9.45. The number of carbonyl (C=O) groups is 2. The number of nitrogens with zero attached hydrogens (tertiary/aromatic N) is 2. The molecule has 0 spiro atoms. The smallest absolute Gasteiger partial charge is 0.251 e. The van der Waals surface area contributed by atoms with Gasteiger partial charge in [-0.25, -0.2) is 0 Å². The van der Waals surface area contributed by atoms with Gasteiger partial charge in [-0.2, -0.15) is 0 Å². The second-order valence-corrected chi connectivity index (χ2v) is 7.24. The normalized spacial score (nSPS) is 14.5. The Hall–Kier alpha value is -2.66. The van der Waals surface area contributed by atoms with E-state index < -0.39 is 0 Å². The molecule has 142 valence electrons. The van der Waals surface area contributed by atoms with Crippen LogP contribution in [0.5, 0.6) is 0 Å². The minimum atomic E-state index is -0.105. The molecule has 1 saturated heterocycles. The summed E-state index contributed by atoms with van der Waals surface area (Å²) in [6.07, 6.45) is 2.60. The Labute approximate surface area is 161 Å². The highest BCUT2D eigenvalue weighted by Crippen LogP contribution is 2.21. The molecule has 2 aromatic carbocycles. The van der Waals surface area contributed by atoms with Crippen molar-refractivity contribution in [1.82, 2.24) is 10.2 Å². The monoisotopic (exact) mass is 365 g/mol. The van der Waals surface area contributed by atoms with Gasteiger partial charge in [0.1, 0.15) is 0 Å². The Morgan fingerprint density at radius 1 is 1.04 bits per heavy atom. The van der Waals surface area contributed by atoms with Crippen LogP contribution in [0.15, 0.2) is 48.5 Å². The van der Waals surface area contributed by atoms with E-state index in [0.29, 0.717) is 18.5 Å². The Balaban J connectivity index is 1.63. The molecule has 0 aliphatic carbocycles. The van der Waals surface area contributed by atoms with Crippen LogP contribution in [0.2, 0.25) is 0 Å². The third-order valence-corrected chi connectivity index (χ3v) is 4.81. The molecular weight excluding hydrogens is 338 g/mol. The molecule has 0 atom stereocenters. The number of carbonyl (C=O) groups excluding carboxylic acids is 2. The van der Waals surface area contributed by atoms with Crippen molar-refractivity contribution in [2.75, 3.05) is 25.5 Å². The molecule has 1 aliphatic heterocycles. The summed E-state index contributed by atoms with van der Waals surface area (Å²) >= 11 is 0. The van der Waals surface area contributed by atoms with Crippen LogP contribution in [0, 0.1) is 0 Å². The van der Waals surface area contributed by atoms with E-state index in [4.69, 9.17) is 0 Å². The van der Waals surface area contributed by atoms with Crippen molar-refractivity contribution in [1.29, 1.82) is 0 Å². The average molecular weight is 365 g/mol. The first-order valence-corrected chi connectivity index (χ1v) is 9.45. The molecule has 0 bridgehead atoms. The quantitative estimate of drug-likeness (QED) is 0.855. The maximum atomic E-state index is 12.5. The van der Waals surface area contributed by atoms with Crippen LogP contribution in [0.1, 0.15) is 40.7 Å². The van der Waals surface area contributed by atoms with Crippen molar-refractivity contribution < 1.29 is 9.59 Å². The second-order valence-electron chi connectivity index (χ2n) is 7.24. The molecule has 0 radical (unpaired) electrons. The van der Waals surface area contributed by atoms with Crippen molar-refractivity contribution in [3.8, 4) is 0 Å². The fraction of sp³-hybridized carbons (Fsp3) is 0.364. The van der Waals surface area contributed by atoms with Gasteiger partial charge in [0.2, 0.25) is 5.91 Å². The molecule has 1 N–H and O–H groups in total. The molecular formula is C22H27N3O2. The van der Waals surface area contributed by atoms with E-state index in [1.54, 1.807) is 12.1 Å². The Morgan fingerprint density at radius 3 is 2.41 bits per heavy atom. The number of benzene rings is 2. The summed E-state index contributed by atoms with van der Waals surface area (Å²) in [7, 11) is 4.06. The van der Waals surface area contributed by atoms with Gasteiger partial charge in [0.05, 0.1) is 0 Å². The van der Waals surface area contributed by atoms with Gasteiger partial charge < -0.3 is 15.1 Å². The van der Waals surface area contributed by atoms with Crippen molar-refractivity contribution >= 4 is 17.5 Å². The zero-order valence-electron chi connectivity index (χ0n) is 16.1. The van der Waals surface area contributed by atoms with Crippen LogP contribution < -0.4 is 10.2 Å². The van der Waals surface area contributed by atoms with Crippen LogP contribution in [0.3, 0.4) is 0 Å². The van der Waals surface area contributed by atoms with Gasteiger partial charge in [-0.15, -0.1) is 0 Å². The van der Waals surface area contributed by atoms with Gasteiger partial charge in [-0.3, -0.25) is 9.59 Å². The van der Waals surface area contributed by atoms with Gasteiger partial charge in [0.15, 0.2) is 0 Å². The van der Waals surface area contributed by atoms with Crippen molar-refractivity contribution in [3.05, 3.63) is 65.2 Å². The van der Waals surface area contributed by atoms with Gasteiger partial charge in [-0.05, 0) is 62.3 Å². The standard InChI is InChI=1S/C22H27N3O2/c1-24(2)16-19-8-4-3-7-18(19)15-23-22(27)17-10-12-20(13-11-17)25-14-6-5-9-21(25)26/h3-4,7-8,10-13H,5-6,9,14-16H2,1-2H3,(H,23,27). The summed E-state index contributed by atoms with van der Waals surface area (Å²) in [5.74, 6) is 0.0575. The Kier molecular flexibility index (Phi) is 6.24. The first-order chi connectivity index (χ1) is 13.0. The fourth-order valence-corrected chi connectivity index (χ4v) is 3.37. The van der Waals surface area contributed by atoms with Gasteiger partial charge in [0.25, 0.3) is 5.91 Å². The summed E-state index contributed by atoms with van der Waals surface area (Å²) in [4.78, 5) is 28.4. The van der Waals surface area contributed by atoms with Crippen LogP contribution in [0.4, 0.5) is 5.69 Å². The number of nitrogens with one attached hydrogen (secondary N) is 1. The molecule has 2 aromatic rings. The summed E-state index contributed by atoms with van der Waals surface area (Å²) in [6, 6.07) is 15.4. The fourth-order valence-electron chi connectivity index (χ4n) is 3.37. The predicted octanol–water partition coefficient (Wildman–Crippen LogP) is 3.20. The molecule has 1 fully saturated rings. The molecule has 1 heterocycles. The van der Waals surface area contributed by atoms with E-state index in [1.807, 2.05) is 49.3 Å². The molecule has 0 unspecified atom stereocenters. The summed E-state index contributed by atoms with van der Waals surface area (Å²) in [6.45, 7) is 2.09.